The van der Waals surface area contributed by atoms with Crippen LogP contribution >= 0.6 is 0 Å². The van der Waals surface area contributed by atoms with E-state index in [0.29, 0.717) is 6.42 Å². The van der Waals surface area contributed by atoms with Gasteiger partial charge in [-0.3, -0.25) is 9.69 Å². The van der Waals surface area contributed by atoms with Crippen molar-refractivity contribution in [1.29, 1.82) is 0 Å². The molecule has 1 heterocycles. The second kappa shape index (κ2) is 10.6. The summed E-state index contributed by atoms with van der Waals surface area (Å²) in [4.78, 5) is 27.4. The molecule has 2 rings (SSSR count). The Morgan fingerprint density at radius 3 is 2.31 bits per heavy atom. The summed E-state index contributed by atoms with van der Waals surface area (Å²) in [5, 5.41) is 5.89. The van der Waals surface area contributed by atoms with Gasteiger partial charge in [0.15, 0.2) is 0 Å². The van der Waals surface area contributed by atoms with Crippen LogP contribution in [0.1, 0.15) is 59.4 Å². The third-order valence-corrected chi connectivity index (χ3v) is 4.90. The van der Waals surface area contributed by atoms with E-state index in [1.165, 1.54) is 5.56 Å². The number of carbonyl (C=O) groups is 2. The van der Waals surface area contributed by atoms with Gasteiger partial charge in [0, 0.05) is 25.7 Å². The van der Waals surface area contributed by atoms with E-state index in [0.717, 1.165) is 32.5 Å². The predicted molar refractivity (Wildman–Crippen MR) is 115 cm³/mol. The summed E-state index contributed by atoms with van der Waals surface area (Å²) in [7, 11) is 0. The molecule has 0 saturated carbocycles. The van der Waals surface area contributed by atoms with Gasteiger partial charge in [0.1, 0.15) is 11.6 Å². The molecule has 1 fully saturated rings. The van der Waals surface area contributed by atoms with Gasteiger partial charge in [0.25, 0.3) is 0 Å². The molecule has 1 atom stereocenters. The normalized spacial score (nSPS) is 17.0. The highest BCUT2D eigenvalue weighted by molar-refractivity contribution is 5.85. The second-order valence-corrected chi connectivity index (χ2v) is 9.37. The molecule has 0 unspecified atom stereocenters. The summed E-state index contributed by atoms with van der Waals surface area (Å²) in [6.45, 7) is 12.4. The van der Waals surface area contributed by atoms with Crippen molar-refractivity contribution < 1.29 is 14.3 Å². The zero-order valence-corrected chi connectivity index (χ0v) is 18.5. The number of hydrogen-bond donors (Lipinski definition) is 2. The Hall–Kier alpha value is -2.08. The highest BCUT2D eigenvalue weighted by Crippen LogP contribution is 2.15. The average Bonchev–Trinajstić information content (AvgIpc) is 2.61. The van der Waals surface area contributed by atoms with Crippen LogP contribution in [-0.4, -0.2) is 47.7 Å². The molecule has 29 heavy (non-hydrogen) atoms. The summed E-state index contributed by atoms with van der Waals surface area (Å²) < 4.78 is 5.32. The molecule has 0 radical (unpaired) electrons. The molecule has 0 bridgehead atoms. The maximum Gasteiger partial charge on any atom is 0.408 e. The number of piperidine rings is 1. The molecule has 1 saturated heterocycles. The minimum absolute atomic E-state index is 0.119. The van der Waals surface area contributed by atoms with Crippen LogP contribution < -0.4 is 10.6 Å². The number of carbonyl (C=O) groups excluding carboxylic acids is 2. The van der Waals surface area contributed by atoms with E-state index in [-0.39, 0.29) is 17.9 Å². The van der Waals surface area contributed by atoms with E-state index in [2.05, 4.69) is 39.8 Å². The molecule has 0 aromatic heterocycles. The van der Waals surface area contributed by atoms with E-state index in [1.54, 1.807) is 0 Å². The van der Waals surface area contributed by atoms with Crippen molar-refractivity contribution in [1.82, 2.24) is 15.5 Å². The third-order valence-electron chi connectivity index (χ3n) is 4.90. The number of benzene rings is 1. The summed E-state index contributed by atoms with van der Waals surface area (Å²) in [5.41, 5.74) is 0.725. The van der Waals surface area contributed by atoms with Gasteiger partial charge in [-0.25, -0.2) is 4.79 Å². The van der Waals surface area contributed by atoms with Crippen molar-refractivity contribution in [2.45, 2.75) is 78.1 Å². The summed E-state index contributed by atoms with van der Waals surface area (Å²) in [6, 6.07) is 10.0. The first-order valence-electron chi connectivity index (χ1n) is 10.7. The minimum Gasteiger partial charge on any atom is -0.444 e. The quantitative estimate of drug-likeness (QED) is 0.728. The van der Waals surface area contributed by atoms with Gasteiger partial charge in [-0.1, -0.05) is 44.2 Å². The molecule has 0 spiro atoms. The lowest BCUT2D eigenvalue weighted by molar-refractivity contribution is -0.124. The van der Waals surface area contributed by atoms with Gasteiger partial charge < -0.3 is 15.4 Å². The van der Waals surface area contributed by atoms with Crippen LogP contribution in [0.4, 0.5) is 4.79 Å². The van der Waals surface area contributed by atoms with Crippen molar-refractivity contribution in [3.63, 3.8) is 0 Å². The fraction of sp³-hybridized carbons (Fsp3) is 0.652. The van der Waals surface area contributed by atoms with Crippen LogP contribution in [0.3, 0.4) is 0 Å². The van der Waals surface area contributed by atoms with Gasteiger partial charge in [0.2, 0.25) is 5.91 Å². The Balaban J connectivity index is 1.83. The monoisotopic (exact) mass is 403 g/mol. The molecule has 0 aliphatic carbocycles. The van der Waals surface area contributed by atoms with Gasteiger partial charge in [-0.05, 0) is 51.5 Å². The number of alkyl carbamates (subject to hydrolysis) is 1. The number of nitrogens with one attached hydrogen (secondary N) is 2. The first-order chi connectivity index (χ1) is 13.6. The van der Waals surface area contributed by atoms with E-state index < -0.39 is 17.7 Å². The summed E-state index contributed by atoms with van der Waals surface area (Å²) in [5.74, 6) is 0.166. The van der Waals surface area contributed by atoms with Gasteiger partial charge in [0.05, 0.1) is 0 Å². The molecule has 6 heteroatoms. The molecule has 2 amide bonds. The molecule has 2 N–H and O–H groups in total. The summed E-state index contributed by atoms with van der Waals surface area (Å²) >= 11 is 0. The van der Waals surface area contributed by atoms with E-state index in [9.17, 15) is 9.59 Å². The molecule has 1 aromatic carbocycles. The Morgan fingerprint density at radius 1 is 1.14 bits per heavy atom. The van der Waals surface area contributed by atoms with E-state index in [1.807, 2.05) is 40.7 Å². The fourth-order valence-electron chi connectivity index (χ4n) is 3.53. The van der Waals surface area contributed by atoms with Gasteiger partial charge in [-0.2, -0.15) is 0 Å². The number of ether oxygens (including phenoxy) is 1. The predicted octanol–water partition coefficient (Wildman–Crippen LogP) is 3.71. The molecule has 162 valence electrons. The van der Waals surface area contributed by atoms with Crippen molar-refractivity contribution in [3.05, 3.63) is 35.9 Å². The molecule has 1 aromatic rings. The molecule has 6 nitrogen and oxygen atoms in total. The number of hydrogen-bond acceptors (Lipinski definition) is 4. The number of likely N-dealkylation sites (tertiary alicyclic amines) is 1. The smallest absolute Gasteiger partial charge is 0.408 e. The largest absolute Gasteiger partial charge is 0.444 e. The van der Waals surface area contributed by atoms with Crippen molar-refractivity contribution in [3.8, 4) is 0 Å². The van der Waals surface area contributed by atoms with Crippen LogP contribution in [0.2, 0.25) is 0 Å². The lowest BCUT2D eigenvalue weighted by Crippen LogP contribution is -2.53. The van der Waals surface area contributed by atoms with Crippen LogP contribution in [0.5, 0.6) is 0 Å². The van der Waals surface area contributed by atoms with Crippen LogP contribution in [0.25, 0.3) is 0 Å². The number of rotatable bonds is 7. The molecule has 1 aliphatic rings. The highest BCUT2D eigenvalue weighted by Gasteiger charge is 2.28. The SMILES string of the molecule is CC(C)C[C@H](NC(=O)OC(C)(C)C)C(=O)NC1CCN(Cc2ccccc2)CC1. The van der Waals surface area contributed by atoms with Crippen LogP contribution in [-0.2, 0) is 16.1 Å². The summed E-state index contributed by atoms with van der Waals surface area (Å²) in [6.07, 6.45) is 1.87. The van der Waals surface area contributed by atoms with E-state index >= 15 is 0 Å². The highest BCUT2D eigenvalue weighted by atomic mass is 16.6. The first kappa shape index (κ1) is 23.2. The second-order valence-electron chi connectivity index (χ2n) is 9.37. The molecular formula is C23H37N3O3. The Bertz CT molecular complexity index is 647. The maximum absolute atomic E-state index is 12.8. The molecule has 1 aliphatic heterocycles. The van der Waals surface area contributed by atoms with E-state index in [4.69, 9.17) is 4.74 Å². The van der Waals surface area contributed by atoms with Crippen molar-refractivity contribution >= 4 is 12.0 Å². The lowest BCUT2D eigenvalue weighted by atomic mass is 10.0. The third kappa shape index (κ3) is 8.86. The van der Waals surface area contributed by atoms with Gasteiger partial charge >= 0.3 is 6.09 Å². The average molecular weight is 404 g/mol. The Labute approximate surface area is 175 Å². The maximum atomic E-state index is 12.8. The van der Waals surface area contributed by atoms with Crippen molar-refractivity contribution in [2.24, 2.45) is 5.92 Å². The Kier molecular flexibility index (Phi) is 8.50. The van der Waals surface area contributed by atoms with Crippen LogP contribution in [0.15, 0.2) is 30.3 Å². The number of nitrogens with zero attached hydrogens (tertiary/aromatic N) is 1. The van der Waals surface area contributed by atoms with Crippen LogP contribution in [0, 0.1) is 5.92 Å². The zero-order chi connectivity index (χ0) is 21.4. The lowest BCUT2D eigenvalue weighted by Gasteiger charge is -2.33. The first-order valence-corrected chi connectivity index (χ1v) is 10.7. The topological polar surface area (TPSA) is 70.7 Å². The molecular weight excluding hydrogens is 366 g/mol. The standard InChI is InChI=1S/C23H37N3O3/c1-17(2)15-20(25-22(28)29-23(3,4)5)21(27)24-19-11-13-26(14-12-19)16-18-9-7-6-8-10-18/h6-10,17,19-20H,11-16H2,1-5H3,(H,24,27)(H,25,28)/t20-/m0/s1. The number of amides is 2. The van der Waals surface area contributed by atoms with Crippen molar-refractivity contribution in [2.75, 3.05) is 13.1 Å². The minimum atomic E-state index is -0.589. The zero-order valence-electron chi connectivity index (χ0n) is 18.5. The van der Waals surface area contributed by atoms with Gasteiger partial charge in [-0.15, -0.1) is 0 Å². The Morgan fingerprint density at radius 2 is 1.76 bits per heavy atom. The fourth-order valence-corrected chi connectivity index (χ4v) is 3.53.